The summed E-state index contributed by atoms with van der Waals surface area (Å²) in [7, 11) is 0. The fourth-order valence-electron chi connectivity index (χ4n) is 3.17. The van der Waals surface area contributed by atoms with E-state index in [1.807, 2.05) is 6.07 Å². The predicted molar refractivity (Wildman–Crippen MR) is 98.5 cm³/mol. The van der Waals surface area contributed by atoms with Crippen molar-refractivity contribution in [3.05, 3.63) is 70.2 Å². The lowest BCUT2D eigenvalue weighted by Crippen LogP contribution is -2.34. The summed E-state index contributed by atoms with van der Waals surface area (Å²) in [6, 6.07) is 11.5. The van der Waals surface area contributed by atoms with Crippen LogP contribution in [0, 0.1) is 12.7 Å². The molecule has 5 nitrogen and oxygen atoms in total. The zero-order chi connectivity index (χ0) is 19.0. The Morgan fingerprint density at radius 1 is 1.33 bits per heavy atom. The van der Waals surface area contributed by atoms with E-state index >= 15 is 0 Å². The number of nitrogens with one attached hydrogen (secondary N) is 1. The molecule has 0 aliphatic carbocycles. The zero-order valence-electron chi connectivity index (χ0n) is 14.5. The Hall–Kier alpha value is -2.86. The fourth-order valence-corrected chi connectivity index (χ4v) is 3.40. The largest absolute Gasteiger partial charge is 0.488 e. The van der Waals surface area contributed by atoms with Crippen LogP contribution in [0.4, 0.5) is 4.39 Å². The van der Waals surface area contributed by atoms with Crippen LogP contribution in [0.25, 0.3) is 11.3 Å². The molecule has 1 amide bonds. The molecule has 7 heteroatoms. The third kappa shape index (κ3) is 3.40. The van der Waals surface area contributed by atoms with E-state index in [2.05, 4.69) is 10.5 Å². The van der Waals surface area contributed by atoms with E-state index < -0.39 is 0 Å². The van der Waals surface area contributed by atoms with E-state index in [1.54, 1.807) is 31.2 Å². The zero-order valence-corrected chi connectivity index (χ0v) is 15.2. The molecule has 1 unspecified atom stereocenters. The van der Waals surface area contributed by atoms with Crippen LogP contribution in [0.3, 0.4) is 0 Å². The van der Waals surface area contributed by atoms with Crippen molar-refractivity contribution < 1.29 is 18.4 Å². The monoisotopic (exact) mass is 386 g/mol. The summed E-state index contributed by atoms with van der Waals surface area (Å²) in [5.74, 6) is 0.426. The Morgan fingerprint density at radius 2 is 2.15 bits per heavy atom. The molecule has 1 aliphatic heterocycles. The number of amides is 1. The van der Waals surface area contributed by atoms with Gasteiger partial charge in [0.2, 0.25) is 0 Å². The van der Waals surface area contributed by atoms with Crippen LogP contribution in [0.1, 0.15) is 21.7 Å². The first kappa shape index (κ1) is 17.5. The second-order valence-corrected chi connectivity index (χ2v) is 6.76. The van der Waals surface area contributed by atoms with Crippen LogP contribution in [-0.2, 0) is 6.42 Å². The van der Waals surface area contributed by atoms with E-state index in [0.29, 0.717) is 39.8 Å². The average Bonchev–Trinajstić information content (AvgIpc) is 3.23. The van der Waals surface area contributed by atoms with Gasteiger partial charge in [0.25, 0.3) is 5.91 Å². The molecule has 1 N–H and O–H groups in total. The smallest absolute Gasteiger partial charge is 0.257 e. The molecule has 0 saturated heterocycles. The van der Waals surface area contributed by atoms with Crippen LogP contribution < -0.4 is 10.1 Å². The number of nitrogens with zero attached hydrogens (tertiary/aromatic N) is 1. The number of hydrogen-bond acceptors (Lipinski definition) is 4. The van der Waals surface area contributed by atoms with E-state index in [1.165, 1.54) is 12.1 Å². The van der Waals surface area contributed by atoms with Gasteiger partial charge in [-0.25, -0.2) is 4.39 Å². The number of hydrogen-bond donors (Lipinski definition) is 1. The fraction of sp³-hybridized carbons (Fsp3) is 0.200. The Bertz CT molecular complexity index is 1020. The van der Waals surface area contributed by atoms with Gasteiger partial charge < -0.3 is 14.6 Å². The molecule has 0 bridgehead atoms. The SMILES string of the molecule is Cc1onc(-c2ccccc2Cl)c1C(=O)NCC1Cc2cc(F)ccc2O1. The normalized spacial score (nSPS) is 15.3. The summed E-state index contributed by atoms with van der Waals surface area (Å²) < 4.78 is 24.3. The predicted octanol–water partition coefficient (Wildman–Crippen LogP) is 4.18. The van der Waals surface area contributed by atoms with Gasteiger partial charge in [-0.3, -0.25) is 4.79 Å². The van der Waals surface area contributed by atoms with Crippen molar-refractivity contribution in [1.82, 2.24) is 10.5 Å². The molecule has 4 rings (SSSR count). The highest BCUT2D eigenvalue weighted by molar-refractivity contribution is 6.33. The third-order valence-electron chi connectivity index (χ3n) is 4.47. The van der Waals surface area contributed by atoms with Crippen molar-refractivity contribution in [2.45, 2.75) is 19.4 Å². The molecular formula is C20H16ClFN2O3. The highest BCUT2D eigenvalue weighted by atomic mass is 35.5. The summed E-state index contributed by atoms with van der Waals surface area (Å²) in [6.45, 7) is 1.95. The van der Waals surface area contributed by atoms with Gasteiger partial charge in [0.05, 0.1) is 11.6 Å². The molecule has 2 heterocycles. The first-order valence-electron chi connectivity index (χ1n) is 8.47. The van der Waals surface area contributed by atoms with E-state index in [-0.39, 0.29) is 24.4 Å². The van der Waals surface area contributed by atoms with Crippen molar-refractivity contribution in [1.29, 1.82) is 0 Å². The lowest BCUT2D eigenvalue weighted by atomic mass is 10.1. The number of aryl methyl sites for hydroxylation is 1. The molecule has 138 valence electrons. The first-order chi connectivity index (χ1) is 13.0. The first-order valence-corrected chi connectivity index (χ1v) is 8.85. The van der Waals surface area contributed by atoms with Gasteiger partial charge in [0, 0.05) is 17.5 Å². The maximum Gasteiger partial charge on any atom is 0.257 e. The molecule has 0 radical (unpaired) electrons. The van der Waals surface area contributed by atoms with Crippen LogP contribution in [0.2, 0.25) is 5.02 Å². The van der Waals surface area contributed by atoms with Gasteiger partial charge in [-0.2, -0.15) is 0 Å². The molecule has 1 atom stereocenters. The van der Waals surface area contributed by atoms with Crippen molar-refractivity contribution in [2.24, 2.45) is 0 Å². The van der Waals surface area contributed by atoms with E-state index in [4.69, 9.17) is 20.9 Å². The van der Waals surface area contributed by atoms with E-state index in [0.717, 1.165) is 5.56 Å². The summed E-state index contributed by atoms with van der Waals surface area (Å²) in [4.78, 5) is 12.7. The standard InChI is InChI=1S/C20H16ClFN2O3/c1-11-18(19(24-27-11)15-4-2-3-5-16(15)21)20(25)23-10-14-9-12-8-13(22)6-7-17(12)26-14/h2-8,14H,9-10H2,1H3,(H,23,25). The van der Waals surface area contributed by atoms with E-state index in [9.17, 15) is 9.18 Å². The number of benzene rings is 2. The van der Waals surface area contributed by atoms with Gasteiger partial charge in [-0.05, 0) is 31.2 Å². The summed E-state index contributed by atoms with van der Waals surface area (Å²) in [6.07, 6.45) is 0.280. The van der Waals surface area contributed by atoms with Crippen molar-refractivity contribution in [3.63, 3.8) is 0 Å². The van der Waals surface area contributed by atoms with Gasteiger partial charge >= 0.3 is 0 Å². The Kier molecular flexibility index (Phi) is 4.58. The van der Waals surface area contributed by atoms with Crippen LogP contribution >= 0.6 is 11.6 Å². The Morgan fingerprint density at radius 3 is 2.96 bits per heavy atom. The lowest BCUT2D eigenvalue weighted by Gasteiger charge is -2.12. The molecule has 1 aliphatic rings. The highest BCUT2D eigenvalue weighted by Gasteiger charge is 2.26. The van der Waals surface area contributed by atoms with Gasteiger partial charge in [0.1, 0.15) is 34.7 Å². The number of carbonyl (C=O) groups excluding carboxylic acids is 1. The Labute approximate surface area is 160 Å². The van der Waals surface area contributed by atoms with Crippen LogP contribution in [0.5, 0.6) is 5.75 Å². The van der Waals surface area contributed by atoms with Crippen molar-refractivity contribution in [2.75, 3.05) is 6.54 Å². The third-order valence-corrected chi connectivity index (χ3v) is 4.80. The number of ether oxygens (including phenoxy) is 1. The number of fused-ring (bicyclic) bond motifs is 1. The van der Waals surface area contributed by atoms with Crippen molar-refractivity contribution >= 4 is 17.5 Å². The maximum atomic E-state index is 13.3. The second-order valence-electron chi connectivity index (χ2n) is 6.35. The molecule has 0 spiro atoms. The maximum absolute atomic E-state index is 13.3. The van der Waals surface area contributed by atoms with Crippen molar-refractivity contribution in [3.8, 4) is 17.0 Å². The van der Waals surface area contributed by atoms with Crippen LogP contribution in [0.15, 0.2) is 47.0 Å². The topological polar surface area (TPSA) is 64.4 Å². The number of carbonyl (C=O) groups is 1. The summed E-state index contributed by atoms with van der Waals surface area (Å²) >= 11 is 6.23. The summed E-state index contributed by atoms with van der Waals surface area (Å²) in [5.41, 5.74) is 2.16. The number of rotatable bonds is 4. The average molecular weight is 387 g/mol. The lowest BCUT2D eigenvalue weighted by molar-refractivity contribution is 0.0932. The minimum absolute atomic E-state index is 0.255. The molecule has 1 aromatic heterocycles. The minimum atomic E-state index is -0.325. The second kappa shape index (κ2) is 7.04. The molecular weight excluding hydrogens is 371 g/mol. The van der Waals surface area contributed by atoms with Crippen LogP contribution in [-0.4, -0.2) is 23.7 Å². The molecule has 3 aromatic rings. The number of halogens is 2. The number of aromatic nitrogens is 1. The van der Waals surface area contributed by atoms with Gasteiger partial charge in [0.15, 0.2) is 0 Å². The van der Waals surface area contributed by atoms with Gasteiger partial charge in [-0.1, -0.05) is 35.0 Å². The molecule has 2 aromatic carbocycles. The van der Waals surface area contributed by atoms with Gasteiger partial charge in [-0.15, -0.1) is 0 Å². The highest BCUT2D eigenvalue weighted by Crippen LogP contribution is 2.31. The summed E-state index contributed by atoms with van der Waals surface area (Å²) in [5, 5.41) is 7.33. The molecule has 27 heavy (non-hydrogen) atoms. The molecule has 0 fully saturated rings. The quantitative estimate of drug-likeness (QED) is 0.730. The minimum Gasteiger partial charge on any atom is -0.488 e. The molecule has 0 saturated carbocycles. The Balaban J connectivity index is 1.49.